The Kier molecular flexibility index (Phi) is 3.59. The molecule has 1 fully saturated rings. The number of carbonyl (C=O) groups is 1. The van der Waals surface area contributed by atoms with Crippen molar-refractivity contribution in [2.45, 2.75) is 27.3 Å². The van der Waals surface area contributed by atoms with Crippen LogP contribution in [0, 0.1) is 0 Å². The zero-order chi connectivity index (χ0) is 14.5. The minimum Gasteiger partial charge on any atom is -0.293 e. The molecule has 0 spiro atoms. The van der Waals surface area contributed by atoms with Crippen molar-refractivity contribution in [1.82, 2.24) is 4.90 Å². The van der Waals surface area contributed by atoms with E-state index in [1.807, 2.05) is 35.2 Å². The number of hydrogen-bond donors (Lipinski definition) is 0. The predicted molar refractivity (Wildman–Crippen MR) is 82.6 cm³/mol. The van der Waals surface area contributed by atoms with Crippen molar-refractivity contribution in [3.8, 4) is 0 Å². The van der Waals surface area contributed by atoms with Gasteiger partial charge < -0.3 is 0 Å². The number of halogens is 4. The first-order valence-electron chi connectivity index (χ1n) is 6.13. The van der Waals surface area contributed by atoms with Crippen LogP contribution in [0.5, 0.6) is 0 Å². The highest BCUT2D eigenvalue weighted by atomic mass is 35.5. The topological polar surface area (TPSA) is 20.3 Å². The molecule has 106 valence electrons. The number of piperidine rings is 1. The third kappa shape index (κ3) is 2.10. The van der Waals surface area contributed by atoms with Crippen molar-refractivity contribution in [2.24, 2.45) is 0 Å². The monoisotopic (exact) mass is 349 g/mol. The maximum Gasteiger partial charge on any atom is 0.208 e. The van der Waals surface area contributed by atoms with Crippen LogP contribution in [0.15, 0.2) is 42.5 Å². The number of hydrogen-bond acceptors (Lipinski definition) is 2. The lowest BCUT2D eigenvalue weighted by molar-refractivity contribution is -0.125. The smallest absolute Gasteiger partial charge is 0.208 e. The van der Waals surface area contributed by atoms with Gasteiger partial charge in [0.05, 0.1) is 12.1 Å². The summed E-state index contributed by atoms with van der Waals surface area (Å²) >= 11 is 24.9. The second-order valence-corrected chi connectivity index (χ2v) is 7.78. The number of carbonyl (C=O) groups excluding carboxylic acids is 1. The summed E-state index contributed by atoms with van der Waals surface area (Å²) < 4.78 is -3.27. The summed E-state index contributed by atoms with van der Waals surface area (Å²) in [6.45, 7) is 0.568. The zero-order valence-corrected chi connectivity index (χ0v) is 13.3. The molecule has 20 heavy (non-hydrogen) atoms. The molecule has 0 amide bonds. The number of alkyl halides is 4. The van der Waals surface area contributed by atoms with Gasteiger partial charge in [0.2, 0.25) is 5.78 Å². The van der Waals surface area contributed by atoms with Gasteiger partial charge in [0.1, 0.15) is 0 Å². The molecule has 2 atom stereocenters. The average molecular weight is 351 g/mol. The molecule has 2 unspecified atom stereocenters. The molecule has 0 saturated carbocycles. The number of benzene rings is 1. The Hall–Kier alpha value is -0.250. The van der Waals surface area contributed by atoms with Crippen LogP contribution in [0.1, 0.15) is 5.56 Å². The largest absolute Gasteiger partial charge is 0.293 e. The Labute approximate surface area is 137 Å². The van der Waals surface area contributed by atoms with Crippen LogP contribution in [-0.2, 0) is 11.3 Å². The molecule has 0 N–H and O–H groups in total. The molecule has 3 rings (SSSR count). The van der Waals surface area contributed by atoms with Gasteiger partial charge in [-0.05, 0) is 5.56 Å². The quantitative estimate of drug-likeness (QED) is 0.598. The molecule has 1 aromatic rings. The molecule has 0 radical (unpaired) electrons. The predicted octanol–water partition coefficient (Wildman–Crippen LogP) is 3.73. The second-order valence-electron chi connectivity index (χ2n) is 5.01. The summed E-state index contributed by atoms with van der Waals surface area (Å²) in [7, 11) is 0. The van der Waals surface area contributed by atoms with Crippen LogP contribution < -0.4 is 0 Å². The number of nitrogens with zero attached hydrogens (tertiary/aromatic N) is 1. The molecule has 6 heteroatoms. The van der Waals surface area contributed by atoms with Gasteiger partial charge in [0.15, 0.2) is 8.67 Å². The fourth-order valence-corrected chi connectivity index (χ4v) is 4.33. The summed E-state index contributed by atoms with van der Waals surface area (Å²) in [5, 5.41) is 0. The van der Waals surface area contributed by atoms with Gasteiger partial charge >= 0.3 is 0 Å². The summed E-state index contributed by atoms with van der Waals surface area (Å²) in [5.41, 5.74) is 1.08. The van der Waals surface area contributed by atoms with Crippen LogP contribution >= 0.6 is 46.4 Å². The number of Topliss-reactive ketones (excluding diaryl/α,β-unsaturated/α-hetero) is 1. The van der Waals surface area contributed by atoms with Crippen molar-refractivity contribution in [3.63, 3.8) is 0 Å². The van der Waals surface area contributed by atoms with Gasteiger partial charge in [-0.3, -0.25) is 9.69 Å². The van der Waals surface area contributed by atoms with E-state index in [0.29, 0.717) is 6.54 Å². The Morgan fingerprint density at radius 1 is 0.950 bits per heavy atom. The molecule has 2 aliphatic rings. The van der Waals surface area contributed by atoms with Gasteiger partial charge in [-0.25, -0.2) is 0 Å². The average Bonchev–Trinajstić information content (AvgIpc) is 2.81. The molecule has 2 bridgehead atoms. The van der Waals surface area contributed by atoms with E-state index < -0.39 is 26.5 Å². The number of rotatable bonds is 2. The Morgan fingerprint density at radius 2 is 1.45 bits per heavy atom. The fourth-order valence-electron chi connectivity index (χ4n) is 2.74. The SMILES string of the molecule is O=C1C(Cl)(Cl)C2C=CC(N2Cc2ccccc2)C1(Cl)Cl. The molecule has 1 saturated heterocycles. The Morgan fingerprint density at radius 3 is 1.95 bits per heavy atom. The third-order valence-corrected chi connectivity index (χ3v) is 5.33. The summed E-state index contributed by atoms with van der Waals surface area (Å²) in [6.07, 6.45) is 3.61. The van der Waals surface area contributed by atoms with Crippen LogP contribution in [-0.4, -0.2) is 31.4 Å². The van der Waals surface area contributed by atoms with E-state index >= 15 is 0 Å². The van der Waals surface area contributed by atoms with E-state index in [9.17, 15) is 4.79 Å². The molecule has 2 nitrogen and oxygen atoms in total. The van der Waals surface area contributed by atoms with Crippen LogP contribution in [0.4, 0.5) is 0 Å². The fraction of sp³-hybridized carbons (Fsp3) is 0.357. The minimum atomic E-state index is -1.64. The Balaban J connectivity index is 1.96. The van der Waals surface area contributed by atoms with E-state index in [2.05, 4.69) is 0 Å². The van der Waals surface area contributed by atoms with Crippen molar-refractivity contribution in [2.75, 3.05) is 0 Å². The second kappa shape index (κ2) is 4.89. The lowest BCUT2D eigenvalue weighted by Crippen LogP contribution is -2.65. The molecular formula is C14H11Cl4NO. The van der Waals surface area contributed by atoms with E-state index in [1.165, 1.54) is 0 Å². The van der Waals surface area contributed by atoms with E-state index in [0.717, 1.165) is 5.56 Å². The number of ketones is 1. The van der Waals surface area contributed by atoms with Crippen LogP contribution in [0.25, 0.3) is 0 Å². The maximum absolute atomic E-state index is 12.2. The zero-order valence-electron chi connectivity index (χ0n) is 10.3. The minimum absolute atomic E-state index is 0.422. The van der Waals surface area contributed by atoms with Gasteiger partial charge in [0, 0.05) is 6.54 Å². The lowest BCUT2D eigenvalue weighted by Gasteiger charge is -2.46. The van der Waals surface area contributed by atoms with E-state index in [4.69, 9.17) is 46.4 Å². The van der Waals surface area contributed by atoms with Crippen molar-refractivity contribution in [3.05, 3.63) is 48.0 Å². The molecule has 0 aromatic heterocycles. The molecular weight excluding hydrogens is 340 g/mol. The highest BCUT2D eigenvalue weighted by molar-refractivity contribution is 6.70. The molecule has 0 aliphatic carbocycles. The van der Waals surface area contributed by atoms with Gasteiger partial charge in [-0.2, -0.15) is 0 Å². The first kappa shape index (κ1) is 14.7. The van der Waals surface area contributed by atoms with Crippen LogP contribution in [0.3, 0.4) is 0 Å². The first-order chi connectivity index (χ1) is 9.35. The number of fused-ring (bicyclic) bond motifs is 2. The normalized spacial score (nSPS) is 30.7. The summed E-state index contributed by atoms with van der Waals surface area (Å²) in [5.74, 6) is -0.555. The van der Waals surface area contributed by atoms with E-state index in [-0.39, 0.29) is 0 Å². The Bertz CT molecular complexity index is 542. The van der Waals surface area contributed by atoms with Crippen molar-refractivity contribution >= 4 is 52.2 Å². The summed E-state index contributed by atoms with van der Waals surface area (Å²) in [6, 6.07) is 8.97. The van der Waals surface area contributed by atoms with Crippen molar-refractivity contribution < 1.29 is 4.79 Å². The first-order valence-corrected chi connectivity index (χ1v) is 7.65. The van der Waals surface area contributed by atoms with Crippen molar-refractivity contribution in [1.29, 1.82) is 0 Å². The van der Waals surface area contributed by atoms with Gasteiger partial charge in [-0.1, -0.05) is 88.9 Å². The standard InChI is InChI=1S/C14H11Cl4NO/c15-13(16)10-6-7-11(14(17,18)12(13)20)19(10)8-9-4-2-1-3-5-9/h1-7,10-11H,8H2. The molecule has 1 aromatic carbocycles. The lowest BCUT2D eigenvalue weighted by atomic mass is 9.97. The highest BCUT2D eigenvalue weighted by Crippen LogP contribution is 2.51. The maximum atomic E-state index is 12.2. The molecule has 2 aliphatic heterocycles. The summed E-state index contributed by atoms with van der Waals surface area (Å²) in [4.78, 5) is 14.2. The third-order valence-electron chi connectivity index (χ3n) is 3.75. The van der Waals surface area contributed by atoms with Crippen LogP contribution in [0.2, 0.25) is 0 Å². The molecule has 2 heterocycles. The van der Waals surface area contributed by atoms with Gasteiger partial charge in [0.25, 0.3) is 0 Å². The van der Waals surface area contributed by atoms with Gasteiger partial charge in [-0.15, -0.1) is 0 Å². The van der Waals surface area contributed by atoms with E-state index in [1.54, 1.807) is 12.2 Å². The highest BCUT2D eigenvalue weighted by Gasteiger charge is 2.64.